The molecule has 1 aromatic heterocycles. The summed E-state index contributed by atoms with van der Waals surface area (Å²) in [5.41, 5.74) is -4.83. The van der Waals surface area contributed by atoms with Crippen molar-refractivity contribution in [2.75, 3.05) is 6.61 Å². The number of carbonyl (C=O) groups is 1. The first-order chi connectivity index (χ1) is 17.9. The summed E-state index contributed by atoms with van der Waals surface area (Å²) < 4.78 is 56.5. The molecule has 38 heavy (non-hydrogen) atoms. The van der Waals surface area contributed by atoms with E-state index in [1.54, 1.807) is 32.0 Å². The molecule has 0 amide bonds. The molecule has 0 radical (unpaired) electrons. The normalized spacial score (nSPS) is 25.2. The number of aliphatic hydroxyl groups excluding tert-OH is 1. The van der Waals surface area contributed by atoms with Gasteiger partial charge in [0.2, 0.25) is 11.9 Å². The molecule has 2 N–H and O–H groups in total. The van der Waals surface area contributed by atoms with Crippen LogP contribution in [0.3, 0.4) is 0 Å². The zero-order valence-electron chi connectivity index (χ0n) is 20.9. The number of nitrogens with one attached hydrogen (secondary N) is 1. The minimum Gasteiger partial charge on any atom is -0.461 e. The van der Waals surface area contributed by atoms with Gasteiger partial charge in [0.1, 0.15) is 24.2 Å². The van der Waals surface area contributed by atoms with Crippen molar-refractivity contribution in [1.29, 1.82) is 0 Å². The van der Waals surface area contributed by atoms with Gasteiger partial charge in [0.25, 0.3) is 5.56 Å². The number of hydrogen-bond acceptors (Lipinski definition) is 11. The van der Waals surface area contributed by atoms with E-state index in [4.69, 9.17) is 23.0 Å². The van der Waals surface area contributed by atoms with Crippen LogP contribution in [0.2, 0.25) is 0 Å². The minimum absolute atomic E-state index is 0.0618. The summed E-state index contributed by atoms with van der Waals surface area (Å²) in [6.07, 6.45) is -6.67. The van der Waals surface area contributed by atoms with Gasteiger partial charge in [-0.05, 0) is 39.8 Å². The first-order valence-corrected chi connectivity index (χ1v) is 12.9. The largest absolute Gasteiger partial charge is 0.530 e. The number of phosphoric ester groups is 1. The number of aromatic nitrogens is 3. The third kappa shape index (κ3) is 6.75. The molecule has 0 spiro atoms. The number of nitrogens with zero attached hydrogens (tertiary/aromatic N) is 2. The maximum atomic E-state index is 15.9. The second-order valence-electron chi connectivity index (χ2n) is 8.38. The van der Waals surface area contributed by atoms with Crippen LogP contribution in [0.15, 0.2) is 46.1 Å². The number of esters is 1. The number of halogens is 1. The molecule has 3 rings (SSSR count). The quantitative estimate of drug-likeness (QED) is 0.247. The van der Waals surface area contributed by atoms with Gasteiger partial charge in [-0.1, -0.05) is 24.1 Å². The van der Waals surface area contributed by atoms with Crippen LogP contribution in [-0.2, 0) is 27.9 Å². The van der Waals surface area contributed by atoms with Gasteiger partial charge < -0.3 is 19.1 Å². The van der Waals surface area contributed by atoms with Crippen LogP contribution >= 0.6 is 7.82 Å². The lowest BCUT2D eigenvalue weighted by Crippen LogP contribution is -2.46. The average molecular weight is 555 g/mol. The molecule has 6 atom stereocenters. The Morgan fingerprint density at radius 1 is 1.32 bits per heavy atom. The molecule has 15 heteroatoms. The Labute approximate surface area is 216 Å². The fourth-order valence-corrected chi connectivity index (χ4v) is 4.74. The van der Waals surface area contributed by atoms with Crippen molar-refractivity contribution in [2.24, 2.45) is 0 Å². The molecular formula is C23H27FN3O10P. The third-order valence-corrected chi connectivity index (χ3v) is 6.52. The SMILES string of the molecule is CC#CC1(F)[C@@H](O)[C@@H](CO[P@](=O)(Oc2ccccc2)O[C@@H](C)C(=O)OC(C)C)O[C@H]1n1ncc(=O)[nH]c1=O. The van der Waals surface area contributed by atoms with E-state index in [0.29, 0.717) is 10.9 Å². The summed E-state index contributed by atoms with van der Waals surface area (Å²) in [7, 11) is -4.62. The van der Waals surface area contributed by atoms with Crippen molar-refractivity contribution < 1.29 is 41.9 Å². The zero-order valence-corrected chi connectivity index (χ0v) is 21.8. The first-order valence-electron chi connectivity index (χ1n) is 11.4. The predicted octanol–water partition coefficient (Wildman–Crippen LogP) is 1.48. The standard InChI is InChI=1S/C23H27FN3O10P/c1-5-11-23(24)19(29)17(35-21(23)27-22(31)26-18(28)12-25-27)13-33-38(32,37-16-9-7-6-8-10-16)36-15(4)20(30)34-14(2)3/h6-10,12,14-15,17,19,21,29H,13H2,1-4H3,(H,26,28,31)/t15-,17+,19-,21+,23?,38-/m0/s1. The van der Waals surface area contributed by atoms with Crippen molar-refractivity contribution in [3.63, 3.8) is 0 Å². The summed E-state index contributed by atoms with van der Waals surface area (Å²) in [4.78, 5) is 37.7. The van der Waals surface area contributed by atoms with Gasteiger partial charge in [-0.2, -0.15) is 9.78 Å². The van der Waals surface area contributed by atoms with Crippen molar-refractivity contribution >= 4 is 13.8 Å². The molecule has 0 saturated carbocycles. The van der Waals surface area contributed by atoms with Crippen molar-refractivity contribution in [3.05, 3.63) is 57.4 Å². The van der Waals surface area contributed by atoms with E-state index in [2.05, 4.69) is 16.9 Å². The fraction of sp³-hybridized carbons (Fsp3) is 0.478. The second kappa shape index (κ2) is 12.0. The highest BCUT2D eigenvalue weighted by molar-refractivity contribution is 7.49. The highest BCUT2D eigenvalue weighted by Gasteiger charge is 2.59. The summed E-state index contributed by atoms with van der Waals surface area (Å²) in [5, 5.41) is 14.3. The van der Waals surface area contributed by atoms with Crippen molar-refractivity contribution in [2.45, 2.75) is 64.0 Å². The van der Waals surface area contributed by atoms with E-state index < -0.39 is 68.0 Å². The maximum Gasteiger partial charge on any atom is 0.530 e. The molecule has 2 heterocycles. The molecule has 2 aromatic rings. The van der Waals surface area contributed by atoms with Crippen LogP contribution < -0.4 is 15.8 Å². The Morgan fingerprint density at radius 3 is 2.61 bits per heavy atom. The second-order valence-corrected chi connectivity index (χ2v) is 9.92. The highest BCUT2D eigenvalue weighted by atomic mass is 31.2. The summed E-state index contributed by atoms with van der Waals surface area (Å²) in [5.74, 6) is 3.69. The lowest BCUT2D eigenvalue weighted by Gasteiger charge is -2.24. The van der Waals surface area contributed by atoms with Gasteiger partial charge in [-0.15, -0.1) is 5.92 Å². The van der Waals surface area contributed by atoms with Gasteiger partial charge in [0, 0.05) is 0 Å². The zero-order chi connectivity index (χ0) is 28.1. The van der Waals surface area contributed by atoms with Crippen LogP contribution in [0, 0.1) is 11.8 Å². The number of para-hydroxylation sites is 1. The molecule has 0 aliphatic carbocycles. The molecule has 1 aliphatic rings. The number of aliphatic hydroxyl groups is 1. The lowest BCUT2D eigenvalue weighted by atomic mass is 9.97. The van der Waals surface area contributed by atoms with Gasteiger partial charge in [0.15, 0.2) is 6.10 Å². The van der Waals surface area contributed by atoms with E-state index in [0.717, 1.165) is 0 Å². The Hall–Kier alpha value is -3.34. The highest BCUT2D eigenvalue weighted by Crippen LogP contribution is 2.52. The molecule has 206 valence electrons. The monoisotopic (exact) mass is 555 g/mol. The van der Waals surface area contributed by atoms with Gasteiger partial charge in [-0.25, -0.2) is 18.5 Å². The Kier molecular flexibility index (Phi) is 9.24. The smallest absolute Gasteiger partial charge is 0.461 e. The topological polar surface area (TPSA) is 168 Å². The Bertz CT molecular complexity index is 1350. The fourth-order valence-electron chi connectivity index (χ4n) is 3.40. The molecule has 1 fully saturated rings. The van der Waals surface area contributed by atoms with Crippen molar-refractivity contribution in [3.8, 4) is 17.6 Å². The van der Waals surface area contributed by atoms with Crippen LogP contribution in [0.1, 0.15) is 33.9 Å². The minimum atomic E-state index is -4.62. The summed E-state index contributed by atoms with van der Waals surface area (Å²) in [6, 6.07) is 7.74. The number of carbonyl (C=O) groups excluding carboxylic acids is 1. The first kappa shape index (κ1) is 29.2. The molecule has 0 bridgehead atoms. The molecule has 1 aromatic carbocycles. The number of phosphoric acid groups is 1. The van der Waals surface area contributed by atoms with E-state index in [1.165, 1.54) is 26.0 Å². The Morgan fingerprint density at radius 2 is 2.00 bits per heavy atom. The van der Waals surface area contributed by atoms with Crippen LogP contribution in [0.5, 0.6) is 5.75 Å². The van der Waals surface area contributed by atoms with Crippen LogP contribution in [0.25, 0.3) is 0 Å². The Balaban J connectivity index is 1.86. The van der Waals surface area contributed by atoms with Gasteiger partial charge in [0.05, 0.1) is 12.7 Å². The molecular weight excluding hydrogens is 528 g/mol. The molecule has 1 aliphatic heterocycles. The van der Waals surface area contributed by atoms with Crippen LogP contribution in [-0.4, -0.2) is 62.5 Å². The molecule has 1 unspecified atom stereocenters. The van der Waals surface area contributed by atoms with E-state index in [-0.39, 0.29) is 5.75 Å². The van der Waals surface area contributed by atoms with Crippen LogP contribution in [0.4, 0.5) is 4.39 Å². The van der Waals surface area contributed by atoms with E-state index in [9.17, 15) is 24.1 Å². The van der Waals surface area contributed by atoms with Gasteiger partial charge >= 0.3 is 19.5 Å². The number of ether oxygens (including phenoxy) is 2. The lowest BCUT2D eigenvalue weighted by molar-refractivity contribution is -0.156. The number of aromatic amines is 1. The third-order valence-electron chi connectivity index (χ3n) is 5.05. The number of benzene rings is 1. The average Bonchev–Trinajstić information content (AvgIpc) is 3.08. The van der Waals surface area contributed by atoms with Gasteiger partial charge in [-0.3, -0.25) is 18.8 Å². The number of rotatable bonds is 10. The molecule has 1 saturated heterocycles. The van der Waals surface area contributed by atoms with E-state index >= 15 is 4.39 Å². The summed E-state index contributed by atoms with van der Waals surface area (Å²) in [6.45, 7) is 5.00. The maximum absolute atomic E-state index is 15.9. The number of hydrogen-bond donors (Lipinski definition) is 2. The summed E-state index contributed by atoms with van der Waals surface area (Å²) >= 11 is 0. The predicted molar refractivity (Wildman–Crippen MR) is 129 cm³/mol. The molecule has 13 nitrogen and oxygen atoms in total. The number of H-pyrrole nitrogens is 1. The number of alkyl halides is 1. The van der Waals surface area contributed by atoms with E-state index in [1.807, 2.05) is 4.98 Å². The van der Waals surface area contributed by atoms with Crippen molar-refractivity contribution in [1.82, 2.24) is 14.8 Å².